The molecule has 3 rings (SSSR count). The van der Waals surface area contributed by atoms with E-state index in [-0.39, 0.29) is 11.8 Å². The van der Waals surface area contributed by atoms with E-state index >= 15 is 0 Å². The Morgan fingerprint density at radius 3 is 2.72 bits per heavy atom. The van der Waals surface area contributed by atoms with Crippen molar-refractivity contribution in [2.75, 3.05) is 11.9 Å². The summed E-state index contributed by atoms with van der Waals surface area (Å²) in [5.74, 6) is 0.581. The van der Waals surface area contributed by atoms with Crippen molar-refractivity contribution in [2.24, 2.45) is 0 Å². The first-order valence-corrected chi connectivity index (χ1v) is 8.12. The first-order chi connectivity index (χ1) is 12.0. The van der Waals surface area contributed by atoms with Crippen molar-refractivity contribution in [2.45, 2.75) is 20.4 Å². The number of carbonyl (C=O) groups excluding carboxylic acids is 2. The molecule has 0 atom stereocenters. The highest BCUT2D eigenvalue weighted by atomic mass is 16.2. The normalized spacial score (nSPS) is 10.6. The molecule has 2 N–H and O–H groups in total. The van der Waals surface area contributed by atoms with Gasteiger partial charge in [0.1, 0.15) is 5.82 Å². The van der Waals surface area contributed by atoms with Gasteiger partial charge in [0.2, 0.25) is 5.91 Å². The maximum Gasteiger partial charge on any atom is 0.251 e. The van der Waals surface area contributed by atoms with E-state index in [4.69, 9.17) is 0 Å². The fraction of sp³-hybridized carbons (Fsp3) is 0.211. The maximum absolute atomic E-state index is 12.3. The van der Waals surface area contributed by atoms with Crippen LogP contribution in [0.2, 0.25) is 0 Å². The lowest BCUT2D eigenvalue weighted by Gasteiger charge is -2.09. The smallest absolute Gasteiger partial charge is 0.251 e. The third-order valence-corrected chi connectivity index (χ3v) is 3.91. The van der Waals surface area contributed by atoms with E-state index in [9.17, 15) is 9.59 Å². The molecular formula is C19H20N4O2. The fourth-order valence-electron chi connectivity index (χ4n) is 2.80. The second-order valence-electron chi connectivity index (χ2n) is 5.82. The molecular weight excluding hydrogens is 316 g/mol. The predicted molar refractivity (Wildman–Crippen MR) is 97.5 cm³/mol. The zero-order chi connectivity index (χ0) is 17.8. The Balaban J connectivity index is 1.64. The zero-order valence-electron chi connectivity index (χ0n) is 14.2. The molecule has 0 saturated carbocycles. The maximum atomic E-state index is 12.3. The predicted octanol–water partition coefficient (Wildman–Crippen LogP) is 2.73. The number of para-hydroxylation sites is 2. The highest BCUT2D eigenvalue weighted by Crippen LogP contribution is 2.15. The van der Waals surface area contributed by atoms with Crippen molar-refractivity contribution in [3.63, 3.8) is 0 Å². The number of hydrogen-bond donors (Lipinski definition) is 2. The highest BCUT2D eigenvalue weighted by molar-refractivity contribution is 5.96. The van der Waals surface area contributed by atoms with Crippen LogP contribution in [0.25, 0.3) is 11.0 Å². The summed E-state index contributed by atoms with van der Waals surface area (Å²) < 4.78 is 2.09. The number of hydrogen-bond acceptors (Lipinski definition) is 3. The van der Waals surface area contributed by atoms with Crippen molar-refractivity contribution >= 4 is 28.5 Å². The van der Waals surface area contributed by atoms with E-state index in [1.165, 1.54) is 6.92 Å². The van der Waals surface area contributed by atoms with Gasteiger partial charge in [-0.2, -0.15) is 0 Å². The number of rotatable bonds is 5. The minimum absolute atomic E-state index is 0.167. The number of benzene rings is 2. The number of fused-ring (bicyclic) bond motifs is 1. The van der Waals surface area contributed by atoms with Crippen LogP contribution in [-0.4, -0.2) is 27.9 Å². The van der Waals surface area contributed by atoms with Crippen molar-refractivity contribution in [1.29, 1.82) is 0 Å². The average molecular weight is 336 g/mol. The van der Waals surface area contributed by atoms with Gasteiger partial charge >= 0.3 is 0 Å². The van der Waals surface area contributed by atoms with Gasteiger partial charge in [0, 0.05) is 31.3 Å². The summed E-state index contributed by atoms with van der Waals surface area (Å²) in [4.78, 5) is 27.9. The minimum atomic E-state index is -0.172. The number of aryl methyl sites for hydroxylation is 1. The number of nitrogens with zero attached hydrogens (tertiary/aromatic N) is 2. The molecule has 2 amide bonds. The molecule has 0 aliphatic rings. The van der Waals surface area contributed by atoms with Gasteiger partial charge in [-0.1, -0.05) is 18.2 Å². The summed E-state index contributed by atoms with van der Waals surface area (Å²) in [6.07, 6.45) is 0. The van der Waals surface area contributed by atoms with Crippen LogP contribution in [0.5, 0.6) is 0 Å². The Labute approximate surface area is 145 Å². The van der Waals surface area contributed by atoms with Gasteiger partial charge in [-0.3, -0.25) is 9.59 Å². The Hall–Kier alpha value is -3.15. The molecule has 0 radical (unpaired) electrons. The van der Waals surface area contributed by atoms with Crippen LogP contribution in [0.15, 0.2) is 48.5 Å². The number of amides is 2. The highest BCUT2D eigenvalue weighted by Gasteiger charge is 2.09. The molecule has 0 spiro atoms. The summed E-state index contributed by atoms with van der Waals surface area (Å²) >= 11 is 0. The average Bonchev–Trinajstić information content (AvgIpc) is 2.90. The van der Waals surface area contributed by atoms with Crippen LogP contribution >= 0.6 is 0 Å². The van der Waals surface area contributed by atoms with E-state index in [1.54, 1.807) is 24.3 Å². The van der Waals surface area contributed by atoms with Gasteiger partial charge in [-0.05, 0) is 37.3 Å². The fourth-order valence-corrected chi connectivity index (χ4v) is 2.80. The number of carbonyl (C=O) groups is 2. The molecule has 0 aliphatic carbocycles. The number of imidazole rings is 1. The molecule has 6 nitrogen and oxygen atoms in total. The molecule has 3 aromatic rings. The lowest BCUT2D eigenvalue weighted by Crippen LogP contribution is -2.27. The Kier molecular flexibility index (Phi) is 4.79. The molecule has 6 heteroatoms. The number of aromatic nitrogens is 2. The van der Waals surface area contributed by atoms with E-state index in [0.29, 0.717) is 24.3 Å². The van der Waals surface area contributed by atoms with Crippen molar-refractivity contribution in [3.8, 4) is 0 Å². The second-order valence-corrected chi connectivity index (χ2v) is 5.82. The largest absolute Gasteiger partial charge is 0.350 e. The van der Waals surface area contributed by atoms with Gasteiger partial charge in [-0.25, -0.2) is 4.98 Å². The van der Waals surface area contributed by atoms with E-state index in [2.05, 4.69) is 20.2 Å². The van der Waals surface area contributed by atoms with Crippen LogP contribution in [0, 0.1) is 6.92 Å². The van der Waals surface area contributed by atoms with Gasteiger partial charge in [0.05, 0.1) is 11.0 Å². The zero-order valence-corrected chi connectivity index (χ0v) is 14.2. The molecule has 0 fully saturated rings. The van der Waals surface area contributed by atoms with E-state index < -0.39 is 0 Å². The standard InChI is InChI=1S/C19H20N4O2/c1-13-21-17-8-3-4-9-18(17)23(13)11-10-20-19(25)15-6-5-7-16(12-15)22-14(2)24/h3-9,12H,10-11H2,1-2H3,(H,20,25)(H,22,24). The Bertz CT molecular complexity index is 930. The molecule has 0 saturated heterocycles. The SMILES string of the molecule is CC(=O)Nc1cccc(C(=O)NCCn2c(C)nc3ccccc32)c1. The first-order valence-electron chi connectivity index (χ1n) is 8.12. The molecule has 0 unspecified atom stereocenters. The van der Waals surface area contributed by atoms with Crippen molar-refractivity contribution in [3.05, 3.63) is 59.9 Å². The molecule has 25 heavy (non-hydrogen) atoms. The van der Waals surface area contributed by atoms with Crippen LogP contribution in [0.4, 0.5) is 5.69 Å². The first kappa shape index (κ1) is 16.7. The Morgan fingerprint density at radius 1 is 1.12 bits per heavy atom. The van der Waals surface area contributed by atoms with E-state index in [1.807, 2.05) is 31.2 Å². The van der Waals surface area contributed by atoms with Crippen LogP contribution < -0.4 is 10.6 Å². The number of nitrogens with one attached hydrogen (secondary N) is 2. The van der Waals surface area contributed by atoms with Gasteiger partial charge in [0.15, 0.2) is 0 Å². The summed E-state index contributed by atoms with van der Waals surface area (Å²) in [5.41, 5.74) is 3.13. The summed E-state index contributed by atoms with van der Waals surface area (Å²) in [6.45, 7) is 4.52. The summed E-state index contributed by atoms with van der Waals surface area (Å²) in [7, 11) is 0. The third kappa shape index (κ3) is 3.85. The molecule has 2 aromatic carbocycles. The quantitative estimate of drug-likeness (QED) is 0.752. The molecule has 1 aromatic heterocycles. The van der Waals surface area contributed by atoms with Gasteiger partial charge in [-0.15, -0.1) is 0 Å². The molecule has 0 aliphatic heterocycles. The van der Waals surface area contributed by atoms with E-state index in [0.717, 1.165) is 16.9 Å². The summed E-state index contributed by atoms with van der Waals surface area (Å²) in [6, 6.07) is 14.8. The number of anilines is 1. The lowest BCUT2D eigenvalue weighted by atomic mass is 10.2. The minimum Gasteiger partial charge on any atom is -0.350 e. The topological polar surface area (TPSA) is 76.0 Å². The van der Waals surface area contributed by atoms with Crippen LogP contribution in [-0.2, 0) is 11.3 Å². The van der Waals surface area contributed by atoms with Crippen molar-refractivity contribution < 1.29 is 9.59 Å². The monoisotopic (exact) mass is 336 g/mol. The summed E-state index contributed by atoms with van der Waals surface area (Å²) in [5, 5.41) is 5.58. The molecule has 128 valence electrons. The van der Waals surface area contributed by atoms with Gasteiger partial charge < -0.3 is 15.2 Å². The van der Waals surface area contributed by atoms with Crippen LogP contribution in [0.3, 0.4) is 0 Å². The third-order valence-electron chi connectivity index (χ3n) is 3.91. The molecule has 1 heterocycles. The van der Waals surface area contributed by atoms with Crippen LogP contribution in [0.1, 0.15) is 23.1 Å². The Morgan fingerprint density at radius 2 is 1.92 bits per heavy atom. The molecule has 0 bridgehead atoms. The second kappa shape index (κ2) is 7.17. The van der Waals surface area contributed by atoms with Gasteiger partial charge in [0.25, 0.3) is 5.91 Å². The van der Waals surface area contributed by atoms with Crippen molar-refractivity contribution in [1.82, 2.24) is 14.9 Å². The lowest BCUT2D eigenvalue weighted by molar-refractivity contribution is -0.114.